The van der Waals surface area contributed by atoms with E-state index in [0.717, 1.165) is 23.8 Å². The first kappa shape index (κ1) is 33.1. The lowest BCUT2D eigenvalue weighted by molar-refractivity contribution is -0.160. The molecule has 2 saturated heterocycles. The molecule has 2 aromatic rings. The molecule has 244 valence electrons. The summed E-state index contributed by atoms with van der Waals surface area (Å²) >= 11 is 0. The van der Waals surface area contributed by atoms with Gasteiger partial charge in [-0.3, -0.25) is 33.3 Å². The number of ether oxygens (including phenoxy) is 4. The quantitative estimate of drug-likeness (QED) is 0.281. The summed E-state index contributed by atoms with van der Waals surface area (Å²) in [5, 5.41) is 2.46. The molecule has 1 unspecified atom stereocenters. The highest BCUT2D eigenvalue weighted by atomic mass is 31.2. The number of alkyl halides is 1. The van der Waals surface area contributed by atoms with Crippen molar-refractivity contribution in [1.29, 1.82) is 0 Å². The number of benzene rings is 1. The van der Waals surface area contributed by atoms with Crippen molar-refractivity contribution in [3.63, 3.8) is 0 Å². The van der Waals surface area contributed by atoms with E-state index >= 15 is 4.39 Å². The lowest BCUT2D eigenvalue weighted by atomic mass is 9.98. The van der Waals surface area contributed by atoms with Crippen LogP contribution in [-0.2, 0) is 42.4 Å². The fourth-order valence-corrected chi connectivity index (χ4v) is 6.05. The van der Waals surface area contributed by atoms with Crippen LogP contribution in [0.25, 0.3) is 0 Å². The van der Waals surface area contributed by atoms with Crippen molar-refractivity contribution in [2.45, 2.75) is 76.3 Å². The largest absolute Gasteiger partial charge is 0.466 e. The summed E-state index contributed by atoms with van der Waals surface area (Å²) in [6, 6.07) is 7.50. The van der Waals surface area contributed by atoms with Gasteiger partial charge in [0.15, 0.2) is 18.0 Å². The van der Waals surface area contributed by atoms with Gasteiger partial charge in [0.1, 0.15) is 24.0 Å². The molecular formula is C27H37FN3O12P. The van der Waals surface area contributed by atoms with Gasteiger partial charge in [-0.1, -0.05) is 18.2 Å². The van der Waals surface area contributed by atoms with Crippen LogP contribution in [0.15, 0.2) is 52.2 Å². The predicted molar refractivity (Wildman–Crippen MR) is 152 cm³/mol. The van der Waals surface area contributed by atoms with Crippen LogP contribution in [0, 0.1) is 0 Å². The monoisotopic (exact) mass is 645 g/mol. The summed E-state index contributed by atoms with van der Waals surface area (Å²) in [6.45, 7) is 2.94. The van der Waals surface area contributed by atoms with Crippen molar-refractivity contribution in [3.05, 3.63) is 63.4 Å². The maximum absolute atomic E-state index is 16.4. The second-order valence-corrected chi connectivity index (χ2v) is 12.1. The SMILES string of the molecule is C[C@@H]1NP(=O)(Oc2ccccc2)OC[C@H]2O[C@@H](n3ccc(=O)[nH]c3=O)[C@](C)(F)[C@@H]2OC(=O)CCCOC(=O)C[C@H](C)OC1=O.[HH].[HH]. The van der Waals surface area contributed by atoms with Crippen LogP contribution >= 0.6 is 7.75 Å². The molecule has 2 fully saturated rings. The number of halogens is 1. The fourth-order valence-electron chi connectivity index (χ4n) is 4.55. The number of hydrogen-bond donors (Lipinski definition) is 2. The Labute approximate surface area is 253 Å². The highest BCUT2D eigenvalue weighted by molar-refractivity contribution is 7.52. The third-order valence-corrected chi connectivity index (χ3v) is 8.33. The van der Waals surface area contributed by atoms with Gasteiger partial charge in [0.05, 0.1) is 19.6 Å². The highest BCUT2D eigenvalue weighted by Crippen LogP contribution is 2.48. The number of nitrogens with zero attached hydrogens (tertiary/aromatic N) is 1. The predicted octanol–water partition coefficient (Wildman–Crippen LogP) is 2.41. The number of hydrogen-bond acceptors (Lipinski definition) is 12. The minimum Gasteiger partial charge on any atom is -0.466 e. The van der Waals surface area contributed by atoms with Crippen molar-refractivity contribution < 1.29 is 54.2 Å². The Balaban J connectivity index is 0.00000368. The van der Waals surface area contributed by atoms with Gasteiger partial charge in [0.25, 0.3) is 5.56 Å². The van der Waals surface area contributed by atoms with Crippen LogP contribution in [0.4, 0.5) is 4.39 Å². The number of nitrogens with one attached hydrogen (secondary N) is 2. The highest BCUT2D eigenvalue weighted by Gasteiger charge is 2.58. The lowest BCUT2D eigenvalue weighted by Crippen LogP contribution is -2.46. The second kappa shape index (κ2) is 13.8. The first-order valence-electron chi connectivity index (χ1n) is 13.8. The Morgan fingerprint density at radius 1 is 1.07 bits per heavy atom. The van der Waals surface area contributed by atoms with Gasteiger partial charge >= 0.3 is 31.3 Å². The van der Waals surface area contributed by atoms with Gasteiger partial charge in [-0.15, -0.1) is 0 Å². The van der Waals surface area contributed by atoms with Crippen LogP contribution in [0.5, 0.6) is 5.75 Å². The van der Waals surface area contributed by atoms with Gasteiger partial charge in [-0.25, -0.2) is 13.8 Å². The number of H-pyrrole nitrogens is 1. The molecule has 2 aliphatic heterocycles. The Bertz CT molecular complexity index is 1530. The zero-order valence-corrected chi connectivity index (χ0v) is 25.0. The zero-order valence-electron chi connectivity index (χ0n) is 24.1. The molecule has 1 aromatic heterocycles. The van der Waals surface area contributed by atoms with Crippen LogP contribution in [0.1, 0.15) is 49.1 Å². The summed E-state index contributed by atoms with van der Waals surface area (Å²) in [7, 11) is -4.49. The third-order valence-electron chi connectivity index (χ3n) is 6.69. The smallest absolute Gasteiger partial charge is 0.459 e. The number of para-hydroxylation sites is 1. The van der Waals surface area contributed by atoms with Gasteiger partial charge in [0.2, 0.25) is 0 Å². The van der Waals surface area contributed by atoms with Crippen LogP contribution in [0.2, 0.25) is 0 Å². The summed E-state index contributed by atoms with van der Waals surface area (Å²) in [5.41, 5.74) is -4.31. The Morgan fingerprint density at radius 3 is 2.50 bits per heavy atom. The Kier molecular flexibility index (Phi) is 10.4. The van der Waals surface area contributed by atoms with E-state index in [0.29, 0.717) is 0 Å². The van der Waals surface area contributed by atoms with E-state index in [1.807, 2.05) is 4.98 Å². The molecule has 1 aromatic carbocycles. The van der Waals surface area contributed by atoms with Crippen molar-refractivity contribution in [2.75, 3.05) is 13.2 Å². The van der Waals surface area contributed by atoms with Crippen LogP contribution in [0.3, 0.4) is 0 Å². The molecule has 0 amide bonds. The lowest BCUT2D eigenvalue weighted by Gasteiger charge is -2.28. The molecule has 0 spiro atoms. The number of esters is 3. The van der Waals surface area contributed by atoms with Crippen molar-refractivity contribution in [1.82, 2.24) is 14.6 Å². The van der Waals surface area contributed by atoms with E-state index < -0.39 is 79.8 Å². The average molecular weight is 646 g/mol. The molecule has 3 heterocycles. The molecular weight excluding hydrogens is 608 g/mol. The van der Waals surface area contributed by atoms with Gasteiger partial charge in [-0.05, 0) is 39.3 Å². The Morgan fingerprint density at radius 2 is 1.80 bits per heavy atom. The topological polar surface area (TPSA) is 191 Å². The minimum absolute atomic E-state index is 0. The van der Waals surface area contributed by atoms with E-state index in [4.69, 9.17) is 28.0 Å². The molecule has 44 heavy (non-hydrogen) atoms. The van der Waals surface area contributed by atoms with E-state index in [1.54, 1.807) is 18.2 Å². The van der Waals surface area contributed by atoms with E-state index in [9.17, 15) is 28.5 Å². The second-order valence-electron chi connectivity index (χ2n) is 10.4. The number of cyclic esters (lactones) is 2. The maximum Gasteiger partial charge on any atom is 0.459 e. The summed E-state index contributed by atoms with van der Waals surface area (Å²) in [4.78, 5) is 63.8. The van der Waals surface area contributed by atoms with Crippen molar-refractivity contribution in [2.24, 2.45) is 0 Å². The molecule has 4 rings (SSSR count). The van der Waals surface area contributed by atoms with E-state index in [1.165, 1.54) is 26.0 Å². The number of rotatable bonds is 3. The minimum atomic E-state index is -4.49. The normalized spacial score (nSPS) is 32.7. The summed E-state index contributed by atoms with van der Waals surface area (Å²) < 4.78 is 64.0. The molecule has 17 heteroatoms. The molecule has 15 nitrogen and oxygen atoms in total. The molecule has 7 atom stereocenters. The number of aromatic nitrogens is 2. The molecule has 0 saturated carbocycles. The van der Waals surface area contributed by atoms with E-state index in [-0.39, 0.29) is 34.5 Å². The van der Waals surface area contributed by atoms with Gasteiger partial charge in [-0.2, -0.15) is 5.09 Å². The number of aromatic amines is 1. The first-order chi connectivity index (χ1) is 20.8. The summed E-state index contributed by atoms with van der Waals surface area (Å²) in [5.74, 6) is -2.37. The standard InChI is InChI=1S/C27H33FN3O12P.2H2/c1-16-14-22(34)38-13-7-10-21(33)42-23-19(41-25(27(23,3)28)31-12-11-20(32)29-26(31)36)15-39-44(37,30-17(2)24(35)40-16)43-18-8-5-4-6-9-18;;/h4-6,8-9,11-12,16-17,19,23,25H,7,10,13-15H2,1-3H3,(H,30,37)(H,29,32,36);2*1H/t16-,17-,19+,23+,25+,27+,44?;;/m0../s1. The Hall–Kier alpha value is -3.85. The average Bonchev–Trinajstić information content (AvgIpc) is 3.19. The number of carbonyl (C=O) groups excluding carboxylic acids is 3. The molecule has 2 aliphatic rings. The molecule has 0 bridgehead atoms. The number of fused-ring (bicyclic) bond motifs is 1. The molecule has 2 N–H and O–H groups in total. The molecule has 0 radical (unpaired) electrons. The van der Waals surface area contributed by atoms with Gasteiger partial charge in [0, 0.05) is 21.5 Å². The van der Waals surface area contributed by atoms with Gasteiger partial charge < -0.3 is 23.5 Å². The first-order valence-corrected chi connectivity index (χ1v) is 15.3. The van der Waals surface area contributed by atoms with Crippen molar-refractivity contribution in [3.8, 4) is 5.75 Å². The van der Waals surface area contributed by atoms with E-state index in [2.05, 4.69) is 5.09 Å². The zero-order chi connectivity index (χ0) is 32.1. The third kappa shape index (κ3) is 8.20. The maximum atomic E-state index is 16.4. The summed E-state index contributed by atoms with van der Waals surface area (Å²) in [6.07, 6.45) is -5.32. The fraction of sp³-hybridized carbons (Fsp3) is 0.519. The van der Waals surface area contributed by atoms with Crippen molar-refractivity contribution >= 4 is 25.7 Å². The number of carbonyl (C=O) groups is 3. The molecule has 0 aliphatic carbocycles. The van der Waals surface area contributed by atoms with Crippen LogP contribution in [-0.4, -0.2) is 70.7 Å². The van der Waals surface area contributed by atoms with Crippen LogP contribution < -0.4 is 20.9 Å².